The van der Waals surface area contributed by atoms with Crippen LogP contribution >= 0.6 is 15.9 Å². The minimum absolute atomic E-state index is 0.540. The molecule has 0 aliphatic heterocycles. The molecule has 0 bridgehead atoms. The summed E-state index contributed by atoms with van der Waals surface area (Å²) >= 11 is 3.35. The predicted octanol–water partition coefficient (Wildman–Crippen LogP) is 4.72. The molecule has 1 aromatic rings. The summed E-state index contributed by atoms with van der Waals surface area (Å²) < 4.78 is 0.882. The highest BCUT2D eigenvalue weighted by Crippen LogP contribution is 2.19. The van der Waals surface area contributed by atoms with Crippen LogP contribution in [0, 0.1) is 11.8 Å². The molecule has 0 unspecified atom stereocenters. The maximum atomic E-state index is 4.24. The van der Waals surface area contributed by atoms with E-state index in [-0.39, 0.29) is 0 Å². The van der Waals surface area contributed by atoms with E-state index in [1.54, 1.807) is 0 Å². The minimum atomic E-state index is 0.540. The minimum Gasteiger partial charge on any atom is -0.381 e. The predicted molar refractivity (Wildman–Crippen MR) is 78.3 cm³/mol. The van der Waals surface area contributed by atoms with E-state index in [0.29, 0.717) is 6.04 Å². The number of hydrogen-bond acceptors (Lipinski definition) is 2. The first-order chi connectivity index (χ1) is 7.97. The second-order valence-corrected chi connectivity index (χ2v) is 6.28. The van der Waals surface area contributed by atoms with Crippen molar-refractivity contribution in [1.82, 2.24) is 4.98 Å². The Morgan fingerprint density at radius 3 is 2.12 bits per heavy atom. The largest absolute Gasteiger partial charge is 0.381 e. The lowest BCUT2D eigenvalue weighted by molar-refractivity contribution is 0.442. The molecule has 1 rings (SSSR count). The van der Waals surface area contributed by atoms with Crippen LogP contribution in [0.15, 0.2) is 22.9 Å². The molecule has 17 heavy (non-hydrogen) atoms. The van der Waals surface area contributed by atoms with Crippen molar-refractivity contribution < 1.29 is 0 Å². The lowest BCUT2D eigenvalue weighted by atomic mass is 9.95. The summed E-state index contributed by atoms with van der Waals surface area (Å²) in [7, 11) is 0. The molecule has 1 N–H and O–H groups in total. The Morgan fingerprint density at radius 2 is 1.71 bits per heavy atom. The molecule has 0 saturated carbocycles. The molecule has 0 radical (unpaired) electrons. The summed E-state index contributed by atoms with van der Waals surface area (Å²) in [5.41, 5.74) is 1.11. The van der Waals surface area contributed by atoms with Gasteiger partial charge in [0.05, 0.1) is 11.9 Å². The Balaban J connectivity index is 2.61. The van der Waals surface area contributed by atoms with Crippen molar-refractivity contribution in [3.8, 4) is 0 Å². The zero-order chi connectivity index (χ0) is 12.8. The van der Waals surface area contributed by atoms with Crippen LogP contribution in [0.1, 0.15) is 40.5 Å². The Morgan fingerprint density at radius 1 is 1.12 bits per heavy atom. The average molecular weight is 299 g/mol. The smallest absolute Gasteiger partial charge is 0.106 e. The van der Waals surface area contributed by atoms with Crippen molar-refractivity contribution in [2.24, 2.45) is 11.8 Å². The van der Waals surface area contributed by atoms with Crippen molar-refractivity contribution in [2.75, 3.05) is 5.32 Å². The number of aromatic nitrogens is 1. The molecule has 0 fully saturated rings. The van der Waals surface area contributed by atoms with Crippen LogP contribution in [0.4, 0.5) is 5.69 Å². The van der Waals surface area contributed by atoms with Crippen LogP contribution in [0.25, 0.3) is 0 Å². The van der Waals surface area contributed by atoms with E-state index in [9.17, 15) is 0 Å². The number of hydrogen-bond donors (Lipinski definition) is 1. The van der Waals surface area contributed by atoms with E-state index in [2.05, 4.69) is 60.0 Å². The van der Waals surface area contributed by atoms with Crippen LogP contribution in [0.3, 0.4) is 0 Å². The Kier molecular flexibility index (Phi) is 5.96. The van der Waals surface area contributed by atoms with Gasteiger partial charge in [0.2, 0.25) is 0 Å². The van der Waals surface area contributed by atoms with Gasteiger partial charge >= 0.3 is 0 Å². The van der Waals surface area contributed by atoms with Crippen molar-refractivity contribution in [3.63, 3.8) is 0 Å². The zero-order valence-corrected chi connectivity index (χ0v) is 12.8. The maximum absolute atomic E-state index is 4.24. The van der Waals surface area contributed by atoms with E-state index in [1.807, 2.05) is 12.3 Å². The highest BCUT2D eigenvalue weighted by atomic mass is 79.9. The van der Waals surface area contributed by atoms with Gasteiger partial charge in [0.1, 0.15) is 4.60 Å². The number of pyridine rings is 1. The van der Waals surface area contributed by atoms with E-state index < -0.39 is 0 Å². The fourth-order valence-electron chi connectivity index (χ4n) is 2.05. The molecule has 1 aromatic heterocycles. The molecule has 0 atom stereocenters. The first-order valence-electron chi connectivity index (χ1n) is 6.35. The van der Waals surface area contributed by atoms with E-state index >= 15 is 0 Å². The van der Waals surface area contributed by atoms with Gasteiger partial charge in [-0.15, -0.1) is 0 Å². The first-order valence-corrected chi connectivity index (χ1v) is 7.14. The molecule has 96 valence electrons. The molecule has 0 saturated heterocycles. The Labute approximate surface area is 113 Å². The summed E-state index contributed by atoms with van der Waals surface area (Å²) in [6, 6.07) is 4.59. The Bertz CT molecular complexity index is 309. The SMILES string of the molecule is CC(C)CC(CC(C)C)Nc1ccc(Br)nc1. The number of nitrogens with zero attached hydrogens (tertiary/aromatic N) is 1. The zero-order valence-electron chi connectivity index (χ0n) is 11.2. The molecule has 0 aromatic carbocycles. The summed E-state index contributed by atoms with van der Waals surface area (Å²) in [6.07, 6.45) is 4.29. The third kappa shape index (κ3) is 6.06. The summed E-state index contributed by atoms with van der Waals surface area (Å²) in [5, 5.41) is 3.59. The van der Waals surface area contributed by atoms with E-state index in [1.165, 1.54) is 12.8 Å². The summed E-state index contributed by atoms with van der Waals surface area (Å²) in [6.45, 7) is 9.09. The fourth-order valence-corrected chi connectivity index (χ4v) is 2.28. The maximum Gasteiger partial charge on any atom is 0.106 e. The quantitative estimate of drug-likeness (QED) is 0.769. The van der Waals surface area contributed by atoms with Gasteiger partial charge in [-0.1, -0.05) is 27.7 Å². The average Bonchev–Trinajstić information content (AvgIpc) is 2.19. The monoisotopic (exact) mass is 298 g/mol. The van der Waals surface area contributed by atoms with Gasteiger partial charge < -0.3 is 5.32 Å². The van der Waals surface area contributed by atoms with Crippen LogP contribution in [-0.2, 0) is 0 Å². The molecule has 0 spiro atoms. The number of halogens is 1. The lowest BCUT2D eigenvalue weighted by Gasteiger charge is -2.23. The lowest BCUT2D eigenvalue weighted by Crippen LogP contribution is -2.23. The second kappa shape index (κ2) is 7.00. The van der Waals surface area contributed by atoms with Gasteiger partial charge in [0.25, 0.3) is 0 Å². The topological polar surface area (TPSA) is 24.9 Å². The van der Waals surface area contributed by atoms with Crippen molar-refractivity contribution in [3.05, 3.63) is 22.9 Å². The van der Waals surface area contributed by atoms with Crippen LogP contribution in [-0.4, -0.2) is 11.0 Å². The number of rotatable bonds is 6. The highest BCUT2D eigenvalue weighted by Gasteiger charge is 2.12. The van der Waals surface area contributed by atoms with Crippen molar-refractivity contribution in [2.45, 2.75) is 46.6 Å². The molecule has 0 amide bonds. The molecule has 1 heterocycles. The highest BCUT2D eigenvalue weighted by molar-refractivity contribution is 9.10. The molecule has 0 aliphatic rings. The number of anilines is 1. The molecule has 0 aliphatic carbocycles. The Hall–Kier alpha value is -0.570. The van der Waals surface area contributed by atoms with Crippen molar-refractivity contribution in [1.29, 1.82) is 0 Å². The molecule has 2 nitrogen and oxygen atoms in total. The third-order valence-electron chi connectivity index (χ3n) is 2.61. The van der Waals surface area contributed by atoms with Gasteiger partial charge in [-0.05, 0) is 52.7 Å². The number of nitrogens with one attached hydrogen (secondary N) is 1. The standard InChI is InChI=1S/C14H23BrN2/c1-10(2)7-13(8-11(3)4)17-12-5-6-14(15)16-9-12/h5-6,9-11,13,17H,7-8H2,1-4H3. The van der Waals surface area contributed by atoms with Gasteiger partial charge in [-0.2, -0.15) is 0 Å². The second-order valence-electron chi connectivity index (χ2n) is 5.47. The van der Waals surface area contributed by atoms with Gasteiger partial charge in [0, 0.05) is 6.04 Å². The van der Waals surface area contributed by atoms with Crippen LogP contribution < -0.4 is 5.32 Å². The summed E-state index contributed by atoms with van der Waals surface area (Å²) in [5.74, 6) is 1.43. The molecular weight excluding hydrogens is 276 g/mol. The third-order valence-corrected chi connectivity index (χ3v) is 3.08. The van der Waals surface area contributed by atoms with E-state index in [4.69, 9.17) is 0 Å². The van der Waals surface area contributed by atoms with Gasteiger partial charge in [0.15, 0.2) is 0 Å². The molecular formula is C14H23BrN2. The van der Waals surface area contributed by atoms with Crippen molar-refractivity contribution >= 4 is 21.6 Å². The molecule has 3 heteroatoms. The fraction of sp³-hybridized carbons (Fsp3) is 0.643. The van der Waals surface area contributed by atoms with E-state index in [0.717, 1.165) is 22.1 Å². The van der Waals surface area contributed by atoms with Gasteiger partial charge in [-0.3, -0.25) is 0 Å². The summed E-state index contributed by atoms with van der Waals surface area (Å²) in [4.78, 5) is 4.24. The normalized spacial score (nSPS) is 11.5. The first kappa shape index (κ1) is 14.5. The van der Waals surface area contributed by atoms with Crippen LogP contribution in [0.5, 0.6) is 0 Å². The van der Waals surface area contributed by atoms with Crippen LogP contribution in [0.2, 0.25) is 0 Å². The van der Waals surface area contributed by atoms with Gasteiger partial charge in [-0.25, -0.2) is 4.98 Å².